The summed E-state index contributed by atoms with van der Waals surface area (Å²) in [5, 5.41) is 7.24. The van der Waals surface area contributed by atoms with Gasteiger partial charge in [0.2, 0.25) is 5.95 Å². The molecular weight excluding hydrogens is 486 g/mol. The molecule has 2 saturated carbocycles. The number of nitrogens with zero attached hydrogens (tertiary/aromatic N) is 5. The van der Waals surface area contributed by atoms with Crippen molar-refractivity contribution in [2.75, 3.05) is 23.7 Å². The Bertz CT molecular complexity index is 1220. The number of nitrogens with two attached hydrogens (primary N) is 1. The predicted octanol–water partition coefficient (Wildman–Crippen LogP) is 4.98. The Balaban J connectivity index is 1.18. The molecule has 8 nitrogen and oxygen atoms in total. The number of nitrogens with one attached hydrogen (secondary N) is 2. The zero-order valence-corrected chi connectivity index (χ0v) is 21.9. The molecule has 3 heterocycles. The third-order valence-electron chi connectivity index (χ3n) is 8.62. The zero-order valence-electron chi connectivity index (χ0n) is 21.9. The molecular formula is C28H38F2N8. The lowest BCUT2D eigenvalue weighted by Crippen LogP contribution is -2.39. The SMILES string of the molecule is NC1CCC(Nc2nc(NC3CCN(Cc4c(F)cccc4F)CC3)c3ncn(C4CCCC4)c3n2)CC1. The van der Waals surface area contributed by atoms with Crippen LogP contribution < -0.4 is 16.4 Å². The van der Waals surface area contributed by atoms with Gasteiger partial charge in [-0.2, -0.15) is 9.97 Å². The van der Waals surface area contributed by atoms with Gasteiger partial charge in [-0.3, -0.25) is 4.90 Å². The van der Waals surface area contributed by atoms with E-state index in [2.05, 4.69) is 20.1 Å². The number of likely N-dealkylation sites (tertiary alicyclic amines) is 1. The van der Waals surface area contributed by atoms with E-state index in [-0.39, 0.29) is 18.2 Å². The second kappa shape index (κ2) is 11.1. The van der Waals surface area contributed by atoms with Gasteiger partial charge in [-0.15, -0.1) is 0 Å². The van der Waals surface area contributed by atoms with Crippen LogP contribution in [0.15, 0.2) is 24.5 Å². The molecule has 1 aliphatic heterocycles. The summed E-state index contributed by atoms with van der Waals surface area (Å²) in [6.45, 7) is 1.79. The van der Waals surface area contributed by atoms with Crippen LogP contribution in [0, 0.1) is 11.6 Å². The average molecular weight is 525 g/mol. The second-order valence-electron chi connectivity index (χ2n) is 11.3. The minimum absolute atomic E-state index is 0.147. The molecule has 6 rings (SSSR count). The van der Waals surface area contributed by atoms with Gasteiger partial charge in [0.1, 0.15) is 11.6 Å². The van der Waals surface area contributed by atoms with E-state index in [4.69, 9.17) is 20.7 Å². The molecule has 3 fully saturated rings. The third kappa shape index (κ3) is 5.47. The van der Waals surface area contributed by atoms with Gasteiger partial charge in [-0.1, -0.05) is 18.9 Å². The van der Waals surface area contributed by atoms with Crippen molar-refractivity contribution in [1.29, 1.82) is 0 Å². The van der Waals surface area contributed by atoms with Crippen molar-refractivity contribution in [3.63, 3.8) is 0 Å². The molecule has 3 aromatic rings. The summed E-state index contributed by atoms with van der Waals surface area (Å²) in [5.41, 5.74) is 7.96. The van der Waals surface area contributed by atoms with E-state index in [1.165, 1.54) is 31.0 Å². The number of benzene rings is 1. The summed E-state index contributed by atoms with van der Waals surface area (Å²) in [6.07, 6.45) is 12.5. The van der Waals surface area contributed by atoms with Crippen LogP contribution in [0.4, 0.5) is 20.5 Å². The minimum atomic E-state index is -0.480. The normalized spacial score (nSPS) is 23.8. The molecule has 3 aliphatic rings. The maximum absolute atomic E-state index is 14.1. The molecule has 0 bridgehead atoms. The lowest BCUT2D eigenvalue weighted by molar-refractivity contribution is 0.206. The van der Waals surface area contributed by atoms with Crippen molar-refractivity contribution >= 4 is 22.9 Å². The highest BCUT2D eigenvalue weighted by atomic mass is 19.1. The van der Waals surface area contributed by atoms with Crippen molar-refractivity contribution in [3.05, 3.63) is 41.7 Å². The molecule has 0 atom stereocenters. The van der Waals surface area contributed by atoms with E-state index >= 15 is 0 Å². The number of fused-ring (bicyclic) bond motifs is 1. The van der Waals surface area contributed by atoms with Gasteiger partial charge >= 0.3 is 0 Å². The maximum Gasteiger partial charge on any atom is 0.227 e. The molecule has 2 aromatic heterocycles. The van der Waals surface area contributed by atoms with Crippen LogP contribution in [-0.4, -0.2) is 55.6 Å². The van der Waals surface area contributed by atoms with Crippen molar-refractivity contribution in [1.82, 2.24) is 24.4 Å². The monoisotopic (exact) mass is 524 g/mol. The largest absolute Gasteiger partial charge is 0.365 e. The van der Waals surface area contributed by atoms with E-state index in [0.717, 1.165) is 81.4 Å². The smallest absolute Gasteiger partial charge is 0.227 e. The van der Waals surface area contributed by atoms with Crippen LogP contribution in [0.5, 0.6) is 0 Å². The van der Waals surface area contributed by atoms with Gasteiger partial charge in [0.15, 0.2) is 17.0 Å². The topological polar surface area (TPSA) is 96.9 Å². The van der Waals surface area contributed by atoms with Crippen LogP contribution in [0.3, 0.4) is 0 Å². The summed E-state index contributed by atoms with van der Waals surface area (Å²) in [5.74, 6) is 0.450. The number of rotatable bonds is 7. The Labute approximate surface area is 222 Å². The lowest BCUT2D eigenvalue weighted by atomic mass is 9.92. The number of hydrogen-bond acceptors (Lipinski definition) is 7. The Morgan fingerprint density at radius 1 is 0.868 bits per heavy atom. The van der Waals surface area contributed by atoms with E-state index < -0.39 is 11.6 Å². The van der Waals surface area contributed by atoms with E-state index in [1.54, 1.807) is 0 Å². The average Bonchev–Trinajstić information content (AvgIpc) is 3.59. The number of halogens is 2. The summed E-state index contributed by atoms with van der Waals surface area (Å²) < 4.78 is 30.5. The first-order valence-electron chi connectivity index (χ1n) is 14.2. The van der Waals surface area contributed by atoms with Crippen LogP contribution in [0.1, 0.15) is 75.8 Å². The molecule has 38 heavy (non-hydrogen) atoms. The van der Waals surface area contributed by atoms with Crippen molar-refractivity contribution < 1.29 is 8.78 Å². The highest BCUT2D eigenvalue weighted by molar-refractivity contribution is 5.84. The quantitative estimate of drug-likeness (QED) is 0.401. The first-order chi connectivity index (χ1) is 18.5. The highest BCUT2D eigenvalue weighted by Crippen LogP contribution is 2.34. The predicted molar refractivity (Wildman–Crippen MR) is 145 cm³/mol. The van der Waals surface area contributed by atoms with Crippen LogP contribution >= 0.6 is 0 Å². The number of aromatic nitrogens is 4. The number of piperidine rings is 1. The first-order valence-corrected chi connectivity index (χ1v) is 14.2. The molecule has 10 heteroatoms. The fourth-order valence-electron chi connectivity index (χ4n) is 6.31. The molecule has 0 spiro atoms. The standard InChI is InChI=1S/C28H38F2N8/c29-23-6-3-7-24(30)22(23)16-37-14-12-20(13-15-37)33-26-25-27(38(17-32-25)21-4-1-2-5-21)36-28(35-26)34-19-10-8-18(31)9-11-19/h3,6-7,17-21H,1-2,4-5,8-16,31H2,(H2,33,34,35,36). The first kappa shape index (κ1) is 25.4. The Morgan fingerprint density at radius 2 is 1.55 bits per heavy atom. The minimum Gasteiger partial charge on any atom is -0.365 e. The molecule has 0 amide bonds. The van der Waals surface area contributed by atoms with E-state index in [1.807, 2.05) is 6.33 Å². The Hall–Kier alpha value is -2.85. The lowest BCUT2D eigenvalue weighted by Gasteiger charge is -2.33. The fraction of sp³-hybridized carbons (Fsp3) is 0.607. The van der Waals surface area contributed by atoms with Crippen LogP contribution in [0.25, 0.3) is 11.2 Å². The van der Waals surface area contributed by atoms with Crippen molar-refractivity contribution in [3.8, 4) is 0 Å². The summed E-state index contributed by atoms with van der Waals surface area (Å²) in [4.78, 5) is 16.7. The van der Waals surface area contributed by atoms with E-state index in [0.29, 0.717) is 24.1 Å². The number of anilines is 2. The van der Waals surface area contributed by atoms with Crippen LogP contribution in [-0.2, 0) is 6.54 Å². The molecule has 204 valence electrons. The second-order valence-corrected chi connectivity index (χ2v) is 11.3. The number of hydrogen-bond donors (Lipinski definition) is 3. The summed E-state index contributed by atoms with van der Waals surface area (Å²) in [6, 6.07) is 5.31. The van der Waals surface area contributed by atoms with Crippen LogP contribution in [0.2, 0.25) is 0 Å². The molecule has 1 saturated heterocycles. The van der Waals surface area contributed by atoms with Gasteiger partial charge in [0.05, 0.1) is 6.33 Å². The molecule has 0 unspecified atom stereocenters. The number of imidazole rings is 1. The Morgan fingerprint density at radius 3 is 2.26 bits per heavy atom. The van der Waals surface area contributed by atoms with Crippen molar-refractivity contribution in [2.24, 2.45) is 5.73 Å². The van der Waals surface area contributed by atoms with Gasteiger partial charge in [0.25, 0.3) is 0 Å². The third-order valence-corrected chi connectivity index (χ3v) is 8.62. The summed E-state index contributed by atoms with van der Waals surface area (Å²) in [7, 11) is 0. The van der Waals surface area contributed by atoms with E-state index in [9.17, 15) is 8.78 Å². The molecule has 2 aliphatic carbocycles. The molecule has 4 N–H and O–H groups in total. The fourth-order valence-corrected chi connectivity index (χ4v) is 6.31. The molecule has 0 radical (unpaired) electrons. The maximum atomic E-state index is 14.1. The van der Waals surface area contributed by atoms with Gasteiger partial charge in [-0.25, -0.2) is 13.8 Å². The van der Waals surface area contributed by atoms with Crippen molar-refractivity contribution in [2.45, 2.75) is 94.9 Å². The van der Waals surface area contributed by atoms with Gasteiger partial charge < -0.3 is 20.9 Å². The Kier molecular flexibility index (Phi) is 7.43. The molecule has 1 aromatic carbocycles. The zero-order chi connectivity index (χ0) is 26.1. The highest BCUT2D eigenvalue weighted by Gasteiger charge is 2.26. The van der Waals surface area contributed by atoms with Gasteiger partial charge in [0, 0.05) is 49.4 Å². The summed E-state index contributed by atoms with van der Waals surface area (Å²) >= 11 is 0. The van der Waals surface area contributed by atoms with Gasteiger partial charge in [-0.05, 0) is 63.5 Å².